The van der Waals surface area contributed by atoms with Crippen molar-refractivity contribution in [2.75, 3.05) is 26.2 Å². The molecule has 1 amide bonds. The zero-order valence-electron chi connectivity index (χ0n) is 17.2. The highest BCUT2D eigenvalue weighted by molar-refractivity contribution is 7.89. The Balaban J connectivity index is 2.17. The van der Waals surface area contributed by atoms with Gasteiger partial charge >= 0.3 is 18.4 Å². The van der Waals surface area contributed by atoms with E-state index in [4.69, 9.17) is 0 Å². The van der Waals surface area contributed by atoms with Crippen LogP contribution in [0, 0.1) is 27.7 Å². The van der Waals surface area contributed by atoms with Crippen LogP contribution in [0.1, 0.15) is 22.3 Å². The van der Waals surface area contributed by atoms with E-state index in [9.17, 15) is 39.6 Å². The van der Waals surface area contributed by atoms with Gasteiger partial charge in [-0.3, -0.25) is 0 Å². The summed E-state index contributed by atoms with van der Waals surface area (Å²) < 4.78 is 107. The van der Waals surface area contributed by atoms with Crippen molar-refractivity contribution in [1.29, 1.82) is 0 Å². The summed E-state index contributed by atoms with van der Waals surface area (Å²) >= 11 is 0. The standard InChI is InChI=1S/C18H22F6N2O4S/c1-10-9-11(2)13(4)14(12(10)3)31(28,29)26-7-5-25(6-8-26)16(27)30-15(17(19,20)21)18(22,23)24/h9,15H,5-8H2,1-4H3. The molecule has 1 aliphatic rings. The van der Waals surface area contributed by atoms with Crippen molar-refractivity contribution < 1.29 is 44.3 Å². The highest BCUT2D eigenvalue weighted by atomic mass is 32.2. The molecule has 1 saturated heterocycles. The van der Waals surface area contributed by atoms with Crippen LogP contribution in [-0.2, 0) is 14.8 Å². The lowest BCUT2D eigenvalue weighted by atomic mass is 10.0. The highest BCUT2D eigenvalue weighted by Gasteiger charge is 2.60. The van der Waals surface area contributed by atoms with Crippen molar-refractivity contribution in [2.45, 2.75) is 51.0 Å². The molecule has 0 spiro atoms. The summed E-state index contributed by atoms with van der Waals surface area (Å²) in [6, 6.07) is 1.84. The third kappa shape index (κ3) is 5.25. The molecule has 6 nitrogen and oxygen atoms in total. The van der Waals surface area contributed by atoms with Crippen molar-refractivity contribution in [1.82, 2.24) is 9.21 Å². The first kappa shape index (κ1) is 25.2. The lowest BCUT2D eigenvalue weighted by Gasteiger charge is -2.35. The first-order chi connectivity index (χ1) is 14.0. The maximum absolute atomic E-state index is 13.1. The van der Waals surface area contributed by atoms with Gasteiger partial charge in [0, 0.05) is 26.2 Å². The minimum atomic E-state index is -5.82. The van der Waals surface area contributed by atoms with E-state index < -0.39 is 47.7 Å². The average molecular weight is 476 g/mol. The molecule has 2 rings (SSSR count). The predicted molar refractivity (Wildman–Crippen MR) is 98.1 cm³/mol. The molecule has 0 aliphatic carbocycles. The number of sulfonamides is 1. The van der Waals surface area contributed by atoms with Gasteiger partial charge in [-0.25, -0.2) is 13.2 Å². The van der Waals surface area contributed by atoms with Crippen LogP contribution in [0.25, 0.3) is 0 Å². The quantitative estimate of drug-likeness (QED) is 0.622. The number of hydrogen-bond donors (Lipinski definition) is 0. The van der Waals surface area contributed by atoms with Crippen molar-refractivity contribution in [2.24, 2.45) is 0 Å². The van der Waals surface area contributed by atoms with Gasteiger partial charge in [0.05, 0.1) is 4.90 Å². The van der Waals surface area contributed by atoms with E-state index in [2.05, 4.69) is 4.74 Å². The lowest BCUT2D eigenvalue weighted by molar-refractivity contribution is -0.308. The second-order valence-corrected chi connectivity index (χ2v) is 9.20. The maximum Gasteiger partial charge on any atom is 0.434 e. The molecular weight excluding hydrogens is 454 g/mol. The first-order valence-corrected chi connectivity index (χ1v) is 10.6. The summed E-state index contributed by atoms with van der Waals surface area (Å²) in [7, 11) is -3.99. The first-order valence-electron chi connectivity index (χ1n) is 9.14. The minimum absolute atomic E-state index is 0.107. The Labute approximate surface area is 175 Å². The number of nitrogens with zero attached hydrogens (tertiary/aromatic N) is 2. The molecule has 0 radical (unpaired) electrons. The lowest BCUT2D eigenvalue weighted by Crippen LogP contribution is -2.53. The molecule has 0 unspecified atom stereocenters. The summed E-state index contributed by atoms with van der Waals surface area (Å²) in [6.07, 6.45) is -17.7. The molecule has 0 bridgehead atoms. The molecule has 176 valence electrons. The van der Waals surface area contributed by atoms with Crippen molar-refractivity contribution in [3.8, 4) is 0 Å². The van der Waals surface area contributed by atoms with Crippen molar-refractivity contribution in [3.63, 3.8) is 0 Å². The van der Waals surface area contributed by atoms with Crippen molar-refractivity contribution >= 4 is 16.1 Å². The summed E-state index contributed by atoms with van der Waals surface area (Å²) in [5.41, 5.74) is 2.61. The number of carbonyl (C=O) groups excluding carboxylic acids is 1. The Hall–Kier alpha value is -2.02. The van der Waals surface area contributed by atoms with Crippen LogP contribution in [-0.4, -0.2) is 68.4 Å². The zero-order chi connectivity index (χ0) is 23.9. The Bertz CT molecular complexity index is 911. The van der Waals surface area contributed by atoms with Gasteiger partial charge in [0.25, 0.3) is 6.10 Å². The van der Waals surface area contributed by atoms with Gasteiger partial charge in [-0.05, 0) is 49.9 Å². The minimum Gasteiger partial charge on any atom is -0.426 e. The van der Waals surface area contributed by atoms with E-state index in [0.29, 0.717) is 16.0 Å². The van der Waals surface area contributed by atoms with Gasteiger partial charge in [-0.2, -0.15) is 30.6 Å². The van der Waals surface area contributed by atoms with Crippen LogP contribution >= 0.6 is 0 Å². The van der Waals surface area contributed by atoms with Crippen LogP contribution in [0.4, 0.5) is 31.1 Å². The molecule has 1 aliphatic heterocycles. The molecule has 31 heavy (non-hydrogen) atoms. The van der Waals surface area contributed by atoms with Gasteiger partial charge in [0.1, 0.15) is 0 Å². The fourth-order valence-corrected chi connectivity index (χ4v) is 5.30. The number of ether oxygens (including phenoxy) is 1. The number of piperazine rings is 1. The van der Waals surface area contributed by atoms with Gasteiger partial charge < -0.3 is 9.64 Å². The SMILES string of the molecule is Cc1cc(C)c(C)c(S(=O)(=O)N2CCN(C(=O)OC(C(F)(F)F)C(F)(F)F)CC2)c1C. The van der Waals surface area contributed by atoms with Crippen LogP contribution in [0.2, 0.25) is 0 Å². The number of hydrogen-bond acceptors (Lipinski definition) is 4. The summed E-state index contributed by atoms with van der Waals surface area (Å²) in [5, 5.41) is 0. The monoisotopic (exact) mass is 476 g/mol. The van der Waals surface area contributed by atoms with Crippen LogP contribution in [0.3, 0.4) is 0 Å². The van der Waals surface area contributed by atoms with Gasteiger partial charge in [0.15, 0.2) is 0 Å². The smallest absolute Gasteiger partial charge is 0.426 e. The summed E-state index contributed by atoms with van der Waals surface area (Å²) in [4.78, 5) is 12.6. The number of rotatable bonds is 3. The zero-order valence-corrected chi connectivity index (χ0v) is 18.0. The number of halogens is 6. The molecule has 0 saturated carbocycles. The second kappa shape index (κ2) is 8.49. The summed E-state index contributed by atoms with van der Waals surface area (Å²) in [6.45, 7) is 5.39. The number of alkyl halides is 6. The molecule has 1 aromatic carbocycles. The van der Waals surface area contributed by atoms with Crippen LogP contribution < -0.4 is 0 Å². The largest absolute Gasteiger partial charge is 0.434 e. The fraction of sp³-hybridized carbons (Fsp3) is 0.611. The van der Waals surface area contributed by atoms with Gasteiger partial charge in [-0.1, -0.05) is 6.07 Å². The van der Waals surface area contributed by atoms with E-state index in [0.717, 1.165) is 15.4 Å². The van der Waals surface area contributed by atoms with Crippen molar-refractivity contribution in [3.05, 3.63) is 28.3 Å². The summed E-state index contributed by atoms with van der Waals surface area (Å²) in [5.74, 6) is 0. The highest BCUT2D eigenvalue weighted by Crippen LogP contribution is 2.36. The predicted octanol–water partition coefficient (Wildman–Crippen LogP) is 3.86. The molecule has 0 N–H and O–H groups in total. The molecule has 0 aromatic heterocycles. The number of aryl methyl sites for hydroxylation is 2. The second-order valence-electron chi connectivity index (χ2n) is 7.33. The van der Waals surface area contributed by atoms with E-state index in [1.54, 1.807) is 27.7 Å². The van der Waals surface area contributed by atoms with Gasteiger partial charge in [-0.15, -0.1) is 0 Å². The molecule has 1 aromatic rings. The Morgan fingerprint density at radius 1 is 0.903 bits per heavy atom. The molecule has 1 fully saturated rings. The fourth-order valence-electron chi connectivity index (χ4n) is 3.30. The van der Waals surface area contributed by atoms with E-state index >= 15 is 0 Å². The van der Waals surface area contributed by atoms with Crippen LogP contribution in [0.15, 0.2) is 11.0 Å². The number of carbonyl (C=O) groups is 1. The maximum atomic E-state index is 13.1. The Kier molecular flexibility index (Phi) is 6.91. The third-order valence-corrected chi connectivity index (χ3v) is 7.38. The number of amides is 1. The van der Waals surface area contributed by atoms with E-state index in [-0.39, 0.29) is 18.0 Å². The Morgan fingerprint density at radius 3 is 1.71 bits per heavy atom. The average Bonchev–Trinajstić information content (AvgIpc) is 2.62. The number of benzene rings is 1. The molecule has 13 heteroatoms. The molecular formula is C18H22F6N2O4S. The van der Waals surface area contributed by atoms with Gasteiger partial charge in [0.2, 0.25) is 10.0 Å². The third-order valence-electron chi connectivity index (χ3n) is 5.21. The molecule has 0 atom stereocenters. The molecule has 1 heterocycles. The normalized spacial score (nSPS) is 16.7. The van der Waals surface area contributed by atoms with E-state index in [1.165, 1.54) is 0 Å². The van der Waals surface area contributed by atoms with E-state index in [1.807, 2.05) is 6.07 Å². The topological polar surface area (TPSA) is 66.9 Å². The Morgan fingerprint density at radius 2 is 1.32 bits per heavy atom. The van der Waals surface area contributed by atoms with Crippen LogP contribution in [0.5, 0.6) is 0 Å².